The van der Waals surface area contributed by atoms with Crippen molar-refractivity contribution >= 4 is 16.9 Å². The number of aryl methyl sites for hydroxylation is 1. The molecule has 0 fully saturated rings. The summed E-state index contributed by atoms with van der Waals surface area (Å²) in [5.41, 5.74) is 5.28. The predicted octanol–water partition coefficient (Wildman–Crippen LogP) is 3.25. The highest BCUT2D eigenvalue weighted by Crippen LogP contribution is 2.28. The summed E-state index contributed by atoms with van der Waals surface area (Å²) in [5, 5.41) is 5.18. The van der Waals surface area contributed by atoms with E-state index in [1.807, 2.05) is 30.5 Å². The molecule has 162 valence electrons. The van der Waals surface area contributed by atoms with Crippen LogP contribution in [0.2, 0.25) is 0 Å². The number of amides is 1. The van der Waals surface area contributed by atoms with Gasteiger partial charge in [-0.3, -0.25) is 9.48 Å². The Morgan fingerprint density at radius 2 is 1.78 bits per heavy atom. The van der Waals surface area contributed by atoms with Gasteiger partial charge in [-0.2, -0.15) is 5.10 Å². The van der Waals surface area contributed by atoms with Gasteiger partial charge in [-0.15, -0.1) is 0 Å². The van der Waals surface area contributed by atoms with Crippen LogP contribution in [-0.4, -0.2) is 51.3 Å². The van der Waals surface area contributed by atoms with Crippen LogP contribution in [0.3, 0.4) is 0 Å². The lowest BCUT2D eigenvalue weighted by molar-refractivity contribution is 0.0733. The second-order valence-electron chi connectivity index (χ2n) is 7.85. The van der Waals surface area contributed by atoms with Gasteiger partial charge in [0, 0.05) is 72.8 Å². The maximum Gasteiger partial charge on any atom is 0.254 e. The third kappa shape index (κ3) is 3.64. The molecular formula is C24H23N5O3. The Bertz CT molecular complexity index is 1310. The van der Waals surface area contributed by atoms with E-state index in [1.54, 1.807) is 37.1 Å². The second kappa shape index (κ2) is 7.96. The van der Waals surface area contributed by atoms with Gasteiger partial charge in [0.15, 0.2) is 5.65 Å². The van der Waals surface area contributed by atoms with E-state index >= 15 is 0 Å². The Morgan fingerprint density at radius 3 is 2.47 bits per heavy atom. The van der Waals surface area contributed by atoms with Crippen LogP contribution in [0.15, 0.2) is 48.9 Å². The minimum atomic E-state index is -0.0600. The molecule has 4 heterocycles. The number of aromatic nitrogens is 4. The summed E-state index contributed by atoms with van der Waals surface area (Å²) in [4.78, 5) is 24.4. The molecule has 1 amide bonds. The van der Waals surface area contributed by atoms with Gasteiger partial charge < -0.3 is 14.4 Å². The Hall–Kier alpha value is -3.94. The van der Waals surface area contributed by atoms with Gasteiger partial charge in [0.05, 0.1) is 20.4 Å². The molecule has 0 N–H and O–H groups in total. The van der Waals surface area contributed by atoms with Crippen LogP contribution >= 0.6 is 0 Å². The average molecular weight is 429 g/mol. The van der Waals surface area contributed by atoms with Crippen molar-refractivity contribution in [2.45, 2.75) is 13.0 Å². The lowest BCUT2D eigenvalue weighted by atomic mass is 10.0. The topological polar surface area (TPSA) is 82.4 Å². The molecule has 0 saturated heterocycles. The molecule has 8 heteroatoms. The maximum absolute atomic E-state index is 13.2. The summed E-state index contributed by atoms with van der Waals surface area (Å²) in [6, 6.07) is 9.40. The van der Waals surface area contributed by atoms with Crippen LogP contribution in [0.1, 0.15) is 21.6 Å². The minimum absolute atomic E-state index is 0.0600. The number of hydrogen-bond acceptors (Lipinski definition) is 6. The van der Waals surface area contributed by atoms with Gasteiger partial charge in [0.25, 0.3) is 5.91 Å². The monoisotopic (exact) mass is 429 g/mol. The van der Waals surface area contributed by atoms with E-state index in [4.69, 9.17) is 14.5 Å². The summed E-state index contributed by atoms with van der Waals surface area (Å²) in [5.74, 6) is 1.12. The van der Waals surface area contributed by atoms with Crippen molar-refractivity contribution in [1.82, 2.24) is 24.6 Å². The smallest absolute Gasteiger partial charge is 0.254 e. The standard InChI is InChI=1S/C24H23N5O3/c1-28-13-19(12-26-28)17-6-15-7-18-14-29(5-4-22(18)27-23(15)25-11-17)24(30)16-8-20(31-2)10-21(9-16)32-3/h6-13H,4-5,14H2,1-3H3. The maximum atomic E-state index is 13.2. The lowest BCUT2D eigenvalue weighted by Crippen LogP contribution is -2.36. The number of fused-ring (bicyclic) bond motifs is 2. The molecule has 3 aromatic heterocycles. The largest absolute Gasteiger partial charge is 0.497 e. The SMILES string of the molecule is COc1cc(OC)cc(C(=O)N2CCc3nc4ncc(-c5cnn(C)c5)cc4cc3C2)c1. The Kier molecular flexibility index (Phi) is 4.97. The van der Waals surface area contributed by atoms with Gasteiger partial charge in [-0.1, -0.05) is 0 Å². The molecule has 1 aromatic carbocycles. The van der Waals surface area contributed by atoms with E-state index in [0.717, 1.165) is 27.8 Å². The average Bonchev–Trinajstić information content (AvgIpc) is 3.27. The van der Waals surface area contributed by atoms with E-state index in [1.165, 1.54) is 0 Å². The zero-order chi connectivity index (χ0) is 22.2. The van der Waals surface area contributed by atoms with Crippen molar-refractivity contribution in [3.63, 3.8) is 0 Å². The highest BCUT2D eigenvalue weighted by Gasteiger charge is 2.24. The Morgan fingerprint density at radius 1 is 1.00 bits per heavy atom. The number of benzene rings is 1. The quantitative estimate of drug-likeness (QED) is 0.495. The van der Waals surface area contributed by atoms with Crippen LogP contribution in [0.4, 0.5) is 0 Å². The molecule has 0 atom stereocenters. The van der Waals surface area contributed by atoms with Crippen molar-refractivity contribution in [2.75, 3.05) is 20.8 Å². The highest BCUT2D eigenvalue weighted by atomic mass is 16.5. The third-order valence-corrected chi connectivity index (χ3v) is 5.74. The first-order chi connectivity index (χ1) is 15.5. The van der Waals surface area contributed by atoms with Gasteiger partial charge in [0.2, 0.25) is 0 Å². The molecule has 5 rings (SSSR count). The summed E-state index contributed by atoms with van der Waals surface area (Å²) in [7, 11) is 5.04. The van der Waals surface area contributed by atoms with E-state index in [0.29, 0.717) is 42.2 Å². The molecule has 0 unspecified atom stereocenters. The second-order valence-corrected chi connectivity index (χ2v) is 7.85. The molecule has 0 spiro atoms. The van der Waals surface area contributed by atoms with Gasteiger partial charge >= 0.3 is 0 Å². The summed E-state index contributed by atoms with van der Waals surface area (Å²) >= 11 is 0. The highest BCUT2D eigenvalue weighted by molar-refractivity contribution is 5.95. The molecule has 4 aromatic rings. The van der Waals surface area contributed by atoms with Crippen molar-refractivity contribution in [2.24, 2.45) is 7.05 Å². The first-order valence-corrected chi connectivity index (χ1v) is 10.3. The number of rotatable bonds is 4. The zero-order valence-electron chi connectivity index (χ0n) is 18.2. The van der Waals surface area contributed by atoms with Crippen LogP contribution in [0.25, 0.3) is 22.2 Å². The fraction of sp³-hybridized carbons (Fsp3) is 0.250. The Balaban J connectivity index is 1.45. The molecule has 0 aliphatic carbocycles. The van der Waals surface area contributed by atoms with Crippen LogP contribution in [0, 0.1) is 0 Å². The first kappa shape index (κ1) is 20.0. The van der Waals surface area contributed by atoms with E-state index < -0.39 is 0 Å². The summed E-state index contributed by atoms with van der Waals surface area (Å²) in [6.07, 6.45) is 6.28. The lowest BCUT2D eigenvalue weighted by Gasteiger charge is -2.28. The molecular weight excluding hydrogens is 406 g/mol. The minimum Gasteiger partial charge on any atom is -0.497 e. The van der Waals surface area contributed by atoms with Gasteiger partial charge in [-0.25, -0.2) is 9.97 Å². The number of carbonyl (C=O) groups is 1. The number of pyridine rings is 2. The van der Waals surface area contributed by atoms with E-state index in [2.05, 4.69) is 22.2 Å². The fourth-order valence-corrected chi connectivity index (χ4v) is 4.04. The van der Waals surface area contributed by atoms with E-state index in [-0.39, 0.29) is 5.91 Å². The molecule has 0 saturated carbocycles. The number of nitrogens with zero attached hydrogens (tertiary/aromatic N) is 5. The van der Waals surface area contributed by atoms with Crippen LogP contribution in [0.5, 0.6) is 11.5 Å². The van der Waals surface area contributed by atoms with Crippen LogP contribution in [-0.2, 0) is 20.0 Å². The van der Waals surface area contributed by atoms with E-state index in [9.17, 15) is 4.79 Å². The third-order valence-electron chi connectivity index (χ3n) is 5.74. The van der Waals surface area contributed by atoms with Gasteiger partial charge in [0.1, 0.15) is 11.5 Å². The van der Waals surface area contributed by atoms with Crippen molar-refractivity contribution < 1.29 is 14.3 Å². The first-order valence-electron chi connectivity index (χ1n) is 10.3. The fourth-order valence-electron chi connectivity index (χ4n) is 4.04. The molecule has 1 aliphatic heterocycles. The van der Waals surface area contributed by atoms with Crippen LogP contribution < -0.4 is 9.47 Å². The number of carbonyl (C=O) groups excluding carboxylic acids is 1. The number of methoxy groups -OCH3 is 2. The molecule has 0 radical (unpaired) electrons. The number of hydrogen-bond donors (Lipinski definition) is 0. The van der Waals surface area contributed by atoms with Crippen molar-refractivity contribution in [1.29, 1.82) is 0 Å². The zero-order valence-corrected chi connectivity index (χ0v) is 18.2. The molecule has 32 heavy (non-hydrogen) atoms. The van der Waals surface area contributed by atoms with Crippen molar-refractivity contribution in [3.8, 4) is 22.6 Å². The summed E-state index contributed by atoms with van der Waals surface area (Å²) in [6.45, 7) is 1.09. The Labute approximate surface area is 185 Å². The normalized spacial score (nSPS) is 13.2. The molecule has 1 aliphatic rings. The summed E-state index contributed by atoms with van der Waals surface area (Å²) < 4.78 is 12.4. The molecule has 8 nitrogen and oxygen atoms in total. The number of ether oxygens (including phenoxy) is 2. The predicted molar refractivity (Wildman–Crippen MR) is 120 cm³/mol. The van der Waals surface area contributed by atoms with Crippen molar-refractivity contribution in [3.05, 3.63) is 65.7 Å². The van der Waals surface area contributed by atoms with Gasteiger partial charge in [-0.05, 0) is 29.8 Å². The molecule has 0 bridgehead atoms.